The normalized spacial score (nSPS) is 15.0. The summed E-state index contributed by atoms with van der Waals surface area (Å²) in [4.78, 5) is 0. The van der Waals surface area contributed by atoms with Crippen LogP contribution < -0.4 is 0 Å². The lowest BCUT2D eigenvalue weighted by Crippen LogP contribution is -2.50. The molecule has 0 aromatic heterocycles. The molecule has 0 spiro atoms. The Morgan fingerprint density at radius 3 is 1.42 bits per heavy atom. The number of rotatable bonds is 2. The predicted octanol–water partition coefficient (Wildman–Crippen LogP) is 3.77. The summed E-state index contributed by atoms with van der Waals surface area (Å²) in [6.07, 6.45) is -6.41. The minimum atomic E-state index is -5.72. The van der Waals surface area contributed by atoms with Crippen molar-refractivity contribution in [1.29, 1.82) is 0 Å². The first-order valence-corrected chi connectivity index (χ1v) is 3.64. The molecule has 74 valence electrons. The van der Waals surface area contributed by atoms with Crippen LogP contribution in [0.3, 0.4) is 0 Å². The zero-order chi connectivity index (χ0) is 10.2. The first-order chi connectivity index (χ1) is 5.06. The molecule has 0 atom stereocenters. The van der Waals surface area contributed by atoms with Gasteiger partial charge < -0.3 is 0 Å². The molecule has 0 nitrogen and oxygen atoms in total. The van der Waals surface area contributed by atoms with Gasteiger partial charge in [0.2, 0.25) is 0 Å². The van der Waals surface area contributed by atoms with Gasteiger partial charge in [-0.25, -0.2) is 0 Å². The lowest BCUT2D eigenvalue weighted by atomic mass is 10.2. The molecule has 0 rings (SSSR count). The summed E-state index contributed by atoms with van der Waals surface area (Å²) in [6, 6.07) is 0. The molecule has 0 saturated carbocycles. The number of alkyl halides is 7. The Morgan fingerprint density at radius 1 is 1.00 bits per heavy atom. The molecule has 0 radical (unpaired) electrons. The van der Waals surface area contributed by atoms with E-state index in [2.05, 4.69) is 0 Å². The van der Waals surface area contributed by atoms with Crippen LogP contribution in [0.2, 0.25) is 0 Å². The molecule has 0 saturated heterocycles. The van der Waals surface area contributed by atoms with Crippen molar-refractivity contribution in [3.8, 4) is 0 Å². The molecule has 0 aliphatic heterocycles. The Balaban J connectivity index is 4.85. The standard InChI is InChI=1S/C5H5Cl2F5/c1-2-3(6,7)4(8,9)5(10,11)12/h2H2,1H3. The third-order valence-corrected chi connectivity index (χ3v) is 2.27. The Labute approximate surface area is 75.6 Å². The van der Waals surface area contributed by atoms with Crippen LogP contribution in [-0.4, -0.2) is 16.4 Å². The summed E-state index contributed by atoms with van der Waals surface area (Å²) in [7, 11) is 0. The maximum atomic E-state index is 12.3. The highest BCUT2D eigenvalue weighted by Crippen LogP contribution is 2.50. The van der Waals surface area contributed by atoms with Gasteiger partial charge in [0.25, 0.3) is 0 Å². The average Bonchev–Trinajstić information content (AvgIpc) is 1.85. The van der Waals surface area contributed by atoms with Gasteiger partial charge in [0, 0.05) is 0 Å². The molecule has 0 aliphatic rings. The zero-order valence-corrected chi connectivity index (χ0v) is 7.36. The second-order valence-electron chi connectivity index (χ2n) is 2.13. The second kappa shape index (κ2) is 3.18. The molecule has 7 heteroatoms. The number of halogens is 7. The van der Waals surface area contributed by atoms with Crippen LogP contribution in [-0.2, 0) is 0 Å². The van der Waals surface area contributed by atoms with Crippen LogP contribution in [0.5, 0.6) is 0 Å². The van der Waals surface area contributed by atoms with E-state index < -0.39 is 22.9 Å². The lowest BCUT2D eigenvalue weighted by Gasteiger charge is -2.29. The van der Waals surface area contributed by atoms with Crippen molar-refractivity contribution < 1.29 is 22.0 Å². The molecule has 0 heterocycles. The third kappa shape index (κ3) is 1.93. The summed E-state index contributed by atoms with van der Waals surface area (Å²) in [5.41, 5.74) is 0. The van der Waals surface area contributed by atoms with E-state index in [-0.39, 0.29) is 0 Å². The highest BCUT2D eigenvalue weighted by Gasteiger charge is 2.68. The van der Waals surface area contributed by atoms with Crippen LogP contribution in [0.25, 0.3) is 0 Å². The van der Waals surface area contributed by atoms with Crippen molar-refractivity contribution >= 4 is 23.2 Å². The van der Waals surface area contributed by atoms with E-state index >= 15 is 0 Å². The number of hydrogen-bond acceptors (Lipinski definition) is 0. The smallest absolute Gasteiger partial charge is 0.193 e. The first-order valence-electron chi connectivity index (χ1n) is 2.88. The molecule has 0 aliphatic carbocycles. The van der Waals surface area contributed by atoms with E-state index in [0.717, 1.165) is 6.92 Å². The number of hydrogen-bond donors (Lipinski definition) is 0. The molecule has 0 bridgehead atoms. The summed E-state index contributed by atoms with van der Waals surface area (Å²) in [5.74, 6) is -5.09. The van der Waals surface area contributed by atoms with Gasteiger partial charge in [0.05, 0.1) is 0 Å². The average molecular weight is 231 g/mol. The van der Waals surface area contributed by atoms with Gasteiger partial charge in [-0.15, -0.1) is 0 Å². The highest BCUT2D eigenvalue weighted by atomic mass is 35.5. The van der Waals surface area contributed by atoms with Crippen LogP contribution in [0, 0.1) is 0 Å². The van der Waals surface area contributed by atoms with Gasteiger partial charge in [0.15, 0.2) is 4.33 Å². The molecule has 0 amide bonds. The van der Waals surface area contributed by atoms with Gasteiger partial charge in [-0.1, -0.05) is 30.1 Å². The molecular weight excluding hydrogens is 226 g/mol. The molecular formula is C5H5Cl2F5. The second-order valence-corrected chi connectivity index (χ2v) is 3.61. The van der Waals surface area contributed by atoms with Crippen LogP contribution in [0.4, 0.5) is 22.0 Å². The van der Waals surface area contributed by atoms with Crippen molar-refractivity contribution in [2.75, 3.05) is 0 Å². The molecule has 0 aromatic carbocycles. The largest absolute Gasteiger partial charge is 0.456 e. The maximum absolute atomic E-state index is 12.3. The molecule has 0 N–H and O–H groups in total. The van der Waals surface area contributed by atoms with E-state index in [1.54, 1.807) is 0 Å². The van der Waals surface area contributed by atoms with E-state index in [4.69, 9.17) is 23.2 Å². The third-order valence-electron chi connectivity index (χ3n) is 1.26. The van der Waals surface area contributed by atoms with Crippen molar-refractivity contribution in [2.45, 2.75) is 29.8 Å². The minimum absolute atomic E-state index is 0.692. The van der Waals surface area contributed by atoms with E-state index in [1.165, 1.54) is 0 Å². The zero-order valence-electron chi connectivity index (χ0n) is 5.85. The summed E-state index contributed by atoms with van der Waals surface area (Å²) in [6.45, 7) is 1.04. The van der Waals surface area contributed by atoms with Gasteiger partial charge >= 0.3 is 12.1 Å². The molecule has 0 unspecified atom stereocenters. The van der Waals surface area contributed by atoms with Crippen molar-refractivity contribution in [1.82, 2.24) is 0 Å². The fourth-order valence-electron chi connectivity index (χ4n) is 0.429. The Kier molecular flexibility index (Phi) is 3.24. The molecule has 0 aromatic rings. The minimum Gasteiger partial charge on any atom is -0.193 e. The highest BCUT2D eigenvalue weighted by molar-refractivity contribution is 6.49. The topological polar surface area (TPSA) is 0 Å². The quantitative estimate of drug-likeness (QED) is 0.501. The van der Waals surface area contributed by atoms with Crippen molar-refractivity contribution in [2.24, 2.45) is 0 Å². The fraction of sp³-hybridized carbons (Fsp3) is 1.00. The van der Waals surface area contributed by atoms with E-state index in [1.807, 2.05) is 0 Å². The van der Waals surface area contributed by atoms with Crippen LogP contribution >= 0.6 is 23.2 Å². The summed E-state index contributed by atoms with van der Waals surface area (Å²) < 4.78 is 56.3. The van der Waals surface area contributed by atoms with Gasteiger partial charge in [-0.3, -0.25) is 0 Å². The van der Waals surface area contributed by atoms with Gasteiger partial charge in [0.1, 0.15) is 0 Å². The van der Waals surface area contributed by atoms with Gasteiger partial charge in [-0.05, 0) is 6.42 Å². The Bertz CT molecular complexity index is 162. The summed E-state index contributed by atoms with van der Waals surface area (Å²) >= 11 is 9.58. The summed E-state index contributed by atoms with van der Waals surface area (Å²) in [5, 5.41) is 0. The molecule has 12 heavy (non-hydrogen) atoms. The Morgan fingerprint density at radius 2 is 1.33 bits per heavy atom. The monoisotopic (exact) mass is 230 g/mol. The van der Waals surface area contributed by atoms with E-state index in [9.17, 15) is 22.0 Å². The Hall–Kier alpha value is 0.230. The van der Waals surface area contributed by atoms with Crippen LogP contribution in [0.15, 0.2) is 0 Å². The van der Waals surface area contributed by atoms with Crippen LogP contribution in [0.1, 0.15) is 13.3 Å². The first kappa shape index (κ1) is 12.2. The van der Waals surface area contributed by atoms with Gasteiger partial charge in [-0.2, -0.15) is 22.0 Å². The lowest BCUT2D eigenvalue weighted by molar-refractivity contribution is -0.287. The fourth-order valence-corrected chi connectivity index (χ4v) is 0.644. The predicted molar refractivity (Wildman–Crippen MR) is 35.7 cm³/mol. The molecule has 0 fully saturated rings. The van der Waals surface area contributed by atoms with Crippen molar-refractivity contribution in [3.63, 3.8) is 0 Å². The van der Waals surface area contributed by atoms with E-state index in [0.29, 0.717) is 0 Å². The SMILES string of the molecule is CCC(Cl)(Cl)C(F)(F)C(F)(F)F. The van der Waals surface area contributed by atoms with Crippen molar-refractivity contribution in [3.05, 3.63) is 0 Å². The maximum Gasteiger partial charge on any atom is 0.456 e.